The second kappa shape index (κ2) is 5.14. The predicted molar refractivity (Wildman–Crippen MR) is 66.3 cm³/mol. The molecule has 104 valence electrons. The Morgan fingerprint density at radius 2 is 1.94 bits per heavy atom. The lowest BCUT2D eigenvalue weighted by Gasteiger charge is -2.40. The lowest BCUT2D eigenvalue weighted by atomic mass is 9.77. The van der Waals surface area contributed by atoms with Crippen molar-refractivity contribution in [1.82, 2.24) is 10.2 Å². The molecule has 0 aromatic heterocycles. The number of carboxylic acids is 1. The minimum absolute atomic E-state index is 0.172. The normalized spacial score (nSPS) is 17.8. The largest absolute Gasteiger partial charge is 0.480 e. The number of rotatable bonds is 5. The van der Waals surface area contributed by atoms with Crippen LogP contribution in [0.25, 0.3) is 0 Å². The highest BCUT2D eigenvalue weighted by molar-refractivity contribution is 5.87. The zero-order chi connectivity index (χ0) is 14.0. The van der Waals surface area contributed by atoms with E-state index < -0.39 is 23.1 Å². The first kappa shape index (κ1) is 14.8. The number of carbonyl (C=O) groups is 2. The van der Waals surface area contributed by atoms with Crippen LogP contribution in [0.4, 0.5) is 4.79 Å². The number of carboxylic acid groups (broad SMARTS) is 1. The quantitative estimate of drug-likeness (QED) is 0.680. The van der Waals surface area contributed by atoms with E-state index in [9.17, 15) is 14.7 Å². The van der Waals surface area contributed by atoms with Gasteiger partial charge >= 0.3 is 12.0 Å². The fraction of sp³-hybridized carbons (Fsp3) is 0.833. The molecule has 0 unspecified atom stereocenters. The van der Waals surface area contributed by atoms with Crippen LogP contribution in [0.2, 0.25) is 0 Å². The number of nitrogens with zero attached hydrogens (tertiary/aromatic N) is 1. The van der Waals surface area contributed by atoms with Crippen LogP contribution < -0.4 is 5.32 Å². The molecule has 1 aliphatic rings. The summed E-state index contributed by atoms with van der Waals surface area (Å²) in [6, 6.07) is -0.429. The number of likely N-dealkylation sites (N-methyl/N-ethyl adjacent to an activating group) is 1. The molecular weight excluding hydrogens is 236 g/mol. The van der Waals surface area contributed by atoms with Crippen molar-refractivity contribution in [1.29, 1.82) is 0 Å². The van der Waals surface area contributed by atoms with Gasteiger partial charge < -0.3 is 20.4 Å². The van der Waals surface area contributed by atoms with Gasteiger partial charge in [-0.2, -0.15) is 0 Å². The van der Waals surface area contributed by atoms with E-state index in [-0.39, 0.29) is 6.54 Å². The van der Waals surface area contributed by atoms with Crippen LogP contribution in [0.5, 0.6) is 0 Å². The van der Waals surface area contributed by atoms with Gasteiger partial charge in [0.15, 0.2) is 0 Å². The van der Waals surface area contributed by atoms with Gasteiger partial charge in [0.2, 0.25) is 0 Å². The van der Waals surface area contributed by atoms with E-state index in [1.165, 1.54) is 4.90 Å². The summed E-state index contributed by atoms with van der Waals surface area (Å²) in [4.78, 5) is 24.6. The van der Waals surface area contributed by atoms with Crippen molar-refractivity contribution < 1.29 is 19.8 Å². The van der Waals surface area contributed by atoms with Gasteiger partial charge in [0.25, 0.3) is 0 Å². The second-order valence-electron chi connectivity index (χ2n) is 5.50. The van der Waals surface area contributed by atoms with Gasteiger partial charge in [0, 0.05) is 6.54 Å². The molecule has 6 nitrogen and oxygen atoms in total. The number of aliphatic hydroxyl groups is 1. The van der Waals surface area contributed by atoms with Crippen LogP contribution in [0.15, 0.2) is 0 Å². The molecule has 2 amide bonds. The molecule has 0 aliphatic heterocycles. The second-order valence-corrected chi connectivity index (χ2v) is 5.50. The fourth-order valence-electron chi connectivity index (χ4n) is 2.00. The molecule has 1 saturated carbocycles. The third-order valence-corrected chi connectivity index (χ3v) is 3.21. The maximum Gasteiger partial charge on any atom is 0.329 e. The summed E-state index contributed by atoms with van der Waals surface area (Å²) < 4.78 is 0. The number of hydrogen-bond donors (Lipinski definition) is 3. The highest BCUT2D eigenvalue weighted by Gasteiger charge is 2.46. The molecule has 0 radical (unpaired) electrons. The van der Waals surface area contributed by atoms with E-state index in [4.69, 9.17) is 5.11 Å². The minimum atomic E-state index is -1.11. The molecule has 1 aliphatic carbocycles. The molecule has 0 heterocycles. The molecule has 0 atom stereocenters. The van der Waals surface area contributed by atoms with Crippen molar-refractivity contribution in [3.05, 3.63) is 0 Å². The number of urea groups is 1. The summed E-state index contributed by atoms with van der Waals surface area (Å²) in [6.07, 6.45) is 1.74. The maximum atomic E-state index is 12.0. The first-order valence-corrected chi connectivity index (χ1v) is 6.23. The molecule has 18 heavy (non-hydrogen) atoms. The Morgan fingerprint density at radius 1 is 1.39 bits per heavy atom. The molecule has 6 heteroatoms. The highest BCUT2D eigenvalue weighted by atomic mass is 16.4. The molecule has 0 aromatic rings. The summed E-state index contributed by atoms with van der Waals surface area (Å²) in [5.74, 6) is -0.985. The van der Waals surface area contributed by atoms with Crippen molar-refractivity contribution in [3.8, 4) is 0 Å². The summed E-state index contributed by atoms with van der Waals surface area (Å²) in [7, 11) is 0. The molecule has 3 N–H and O–H groups in total. The van der Waals surface area contributed by atoms with Crippen molar-refractivity contribution in [2.45, 2.75) is 51.2 Å². The lowest BCUT2D eigenvalue weighted by Crippen LogP contribution is -2.62. The molecular formula is C12H22N2O4. The monoisotopic (exact) mass is 258 g/mol. The average Bonchev–Trinajstić information content (AvgIpc) is 2.17. The first-order valence-electron chi connectivity index (χ1n) is 6.23. The minimum Gasteiger partial charge on any atom is -0.480 e. The summed E-state index contributed by atoms with van der Waals surface area (Å²) >= 11 is 0. The molecule has 0 spiro atoms. The summed E-state index contributed by atoms with van der Waals surface area (Å²) in [5.41, 5.74) is -2.10. The maximum absolute atomic E-state index is 12.0. The van der Waals surface area contributed by atoms with Crippen LogP contribution in [0.3, 0.4) is 0 Å². The molecule has 0 bridgehead atoms. The van der Waals surface area contributed by atoms with Crippen LogP contribution in [0, 0.1) is 0 Å². The Hall–Kier alpha value is -1.30. The number of amides is 2. The van der Waals surface area contributed by atoms with Crippen molar-refractivity contribution >= 4 is 12.0 Å². The topological polar surface area (TPSA) is 89.9 Å². The van der Waals surface area contributed by atoms with Gasteiger partial charge in [-0.05, 0) is 40.0 Å². The van der Waals surface area contributed by atoms with E-state index in [1.54, 1.807) is 20.8 Å². The number of carbonyl (C=O) groups excluding carboxylic acids is 1. The van der Waals surface area contributed by atoms with Crippen LogP contribution in [0.1, 0.15) is 40.0 Å². The van der Waals surface area contributed by atoms with Gasteiger partial charge in [-0.15, -0.1) is 0 Å². The zero-order valence-corrected chi connectivity index (χ0v) is 11.2. The Balaban J connectivity index is 2.65. The smallest absolute Gasteiger partial charge is 0.329 e. The fourth-order valence-corrected chi connectivity index (χ4v) is 2.00. The Kier molecular flexibility index (Phi) is 4.21. The third-order valence-electron chi connectivity index (χ3n) is 3.21. The first-order chi connectivity index (χ1) is 8.20. The van der Waals surface area contributed by atoms with Gasteiger partial charge in [-0.3, -0.25) is 0 Å². The van der Waals surface area contributed by atoms with Gasteiger partial charge in [0.1, 0.15) is 5.54 Å². The van der Waals surface area contributed by atoms with E-state index in [1.807, 2.05) is 0 Å². The number of hydrogen-bond acceptors (Lipinski definition) is 3. The van der Waals surface area contributed by atoms with E-state index in [0.717, 1.165) is 6.42 Å². The predicted octanol–water partition coefficient (Wildman–Crippen LogP) is 0.796. The highest BCUT2D eigenvalue weighted by Crippen LogP contribution is 2.32. The van der Waals surface area contributed by atoms with Crippen molar-refractivity contribution in [2.75, 3.05) is 13.1 Å². The Labute approximate surface area is 107 Å². The molecule has 1 rings (SSSR count). The van der Waals surface area contributed by atoms with E-state index in [0.29, 0.717) is 19.4 Å². The third kappa shape index (κ3) is 3.35. The molecule has 0 aromatic carbocycles. The van der Waals surface area contributed by atoms with Gasteiger partial charge in [-0.1, -0.05) is 0 Å². The Morgan fingerprint density at radius 3 is 2.22 bits per heavy atom. The SMILES string of the molecule is CCN(CC(C)(C)O)C(=O)NC1(C(=O)O)CCC1. The summed E-state index contributed by atoms with van der Waals surface area (Å²) in [5, 5.41) is 21.4. The van der Waals surface area contributed by atoms with Crippen LogP contribution in [-0.2, 0) is 4.79 Å². The van der Waals surface area contributed by atoms with Crippen molar-refractivity contribution in [3.63, 3.8) is 0 Å². The number of aliphatic carboxylic acids is 1. The zero-order valence-electron chi connectivity index (χ0n) is 11.2. The van der Waals surface area contributed by atoms with E-state index in [2.05, 4.69) is 5.32 Å². The van der Waals surface area contributed by atoms with E-state index >= 15 is 0 Å². The number of nitrogens with one attached hydrogen (secondary N) is 1. The van der Waals surface area contributed by atoms with Crippen LogP contribution >= 0.6 is 0 Å². The molecule has 0 saturated heterocycles. The van der Waals surface area contributed by atoms with Crippen molar-refractivity contribution in [2.24, 2.45) is 0 Å². The average molecular weight is 258 g/mol. The van der Waals surface area contributed by atoms with Crippen LogP contribution in [-0.4, -0.2) is 51.3 Å². The summed E-state index contributed by atoms with van der Waals surface area (Å²) in [6.45, 7) is 5.61. The Bertz CT molecular complexity index is 331. The lowest BCUT2D eigenvalue weighted by molar-refractivity contribution is -0.148. The molecule has 1 fully saturated rings. The van der Waals surface area contributed by atoms with Gasteiger partial charge in [-0.25, -0.2) is 9.59 Å². The van der Waals surface area contributed by atoms with Gasteiger partial charge in [0.05, 0.1) is 12.1 Å². The standard InChI is InChI=1S/C12H22N2O4/c1-4-14(8-11(2,3)18)10(17)13-12(9(15)16)6-5-7-12/h18H,4-8H2,1-3H3,(H,13,17)(H,15,16).